The third-order valence-corrected chi connectivity index (χ3v) is 4.73. The zero-order valence-electron chi connectivity index (χ0n) is 14.1. The van der Waals surface area contributed by atoms with Crippen LogP contribution >= 0.6 is 0 Å². The van der Waals surface area contributed by atoms with Gasteiger partial charge in [0.2, 0.25) is 0 Å². The number of carbonyl (C=O) groups excluding carboxylic acids is 2. The van der Waals surface area contributed by atoms with Crippen LogP contribution in [0, 0.1) is 0 Å². The zero-order valence-corrected chi connectivity index (χ0v) is 16.9. The van der Waals surface area contributed by atoms with Gasteiger partial charge in [0.1, 0.15) is 10.1 Å². The van der Waals surface area contributed by atoms with Crippen LogP contribution in [0.25, 0.3) is 0 Å². The van der Waals surface area contributed by atoms with Crippen molar-refractivity contribution < 1.29 is 57.2 Å². The number of hydrogen-bond donors (Lipinski definition) is 2. The molecule has 2 amide bonds. The Bertz CT molecular complexity index is 997. The second kappa shape index (κ2) is 7.89. The van der Waals surface area contributed by atoms with Crippen LogP contribution in [-0.4, -0.2) is 40.7 Å². The predicted octanol–water partition coefficient (Wildman–Crippen LogP) is -2.99. The zero-order chi connectivity index (χ0) is 18.9. The van der Waals surface area contributed by atoms with Gasteiger partial charge < -0.3 is 15.0 Å². The minimum absolute atomic E-state index is 0. The van der Waals surface area contributed by atoms with E-state index in [0.717, 1.165) is 0 Å². The number of hydrogen-bond acceptors (Lipinski definition) is 7. The fourth-order valence-electron chi connectivity index (χ4n) is 2.31. The Morgan fingerprint density at radius 3 is 2.11 bits per heavy atom. The van der Waals surface area contributed by atoms with Gasteiger partial charge in [-0.2, -0.15) is 5.01 Å². The molecule has 2 N–H and O–H groups in total. The van der Waals surface area contributed by atoms with Crippen LogP contribution in [-0.2, 0) is 14.9 Å². The van der Waals surface area contributed by atoms with Gasteiger partial charge >= 0.3 is 35.5 Å². The number of para-hydroxylation sites is 1. The Morgan fingerprint density at radius 1 is 1.07 bits per heavy atom. The minimum atomic E-state index is -5.60. The molecule has 2 aromatic rings. The summed E-state index contributed by atoms with van der Waals surface area (Å²) in [5, 5.41) is 16.6. The van der Waals surface area contributed by atoms with Crippen molar-refractivity contribution in [2.45, 2.75) is 4.93 Å². The van der Waals surface area contributed by atoms with Gasteiger partial charge in [-0.1, -0.05) is 36.4 Å². The van der Waals surface area contributed by atoms with Crippen molar-refractivity contribution in [2.75, 3.05) is 5.01 Å². The van der Waals surface area contributed by atoms with Crippen LogP contribution in [0.5, 0.6) is 0 Å². The average molecular weight is 397 g/mol. The molecule has 11 heteroatoms. The van der Waals surface area contributed by atoms with Gasteiger partial charge in [-0.25, -0.2) is 8.42 Å². The average Bonchev–Trinajstić information content (AvgIpc) is 2.89. The summed E-state index contributed by atoms with van der Waals surface area (Å²) < 4.78 is 34.8. The van der Waals surface area contributed by atoms with E-state index in [1.165, 1.54) is 24.3 Å². The normalized spacial score (nSPS) is 19.3. The topological polar surface area (TPSA) is 139 Å². The molecule has 27 heavy (non-hydrogen) atoms. The molecule has 1 unspecified atom stereocenters. The van der Waals surface area contributed by atoms with Crippen molar-refractivity contribution >= 4 is 33.5 Å². The Labute approximate surface area is 176 Å². The van der Waals surface area contributed by atoms with Gasteiger partial charge in [-0.3, -0.25) is 9.59 Å². The quantitative estimate of drug-likeness (QED) is 0.418. The molecule has 0 saturated heterocycles. The summed E-state index contributed by atoms with van der Waals surface area (Å²) in [7, 11) is -5.60. The first-order chi connectivity index (χ1) is 12.2. The van der Waals surface area contributed by atoms with E-state index in [2.05, 4.69) is 5.10 Å². The van der Waals surface area contributed by atoms with E-state index in [4.69, 9.17) is 0 Å². The SMILES string of the molecule is O=C(NC1=NN(c2ccccc2)C(=O)C1(O)S(=O)(=O)[O-])c1ccccc1.[Na+]. The largest absolute Gasteiger partial charge is 1.00 e. The molecule has 1 aliphatic rings. The van der Waals surface area contributed by atoms with E-state index < -0.39 is 32.7 Å². The standard InChI is InChI=1S/C16H13N3O6S.Na/c20-13(11-7-3-1-4-8-11)17-14-16(22,26(23,24)25)15(21)19(18-14)12-9-5-2-6-10-12;/h1-10,22H,(H,17,18,20)(H,23,24,25);/q;+1/p-1. The summed E-state index contributed by atoms with van der Waals surface area (Å²) >= 11 is 0. The first-order valence-corrected chi connectivity index (χ1v) is 8.69. The van der Waals surface area contributed by atoms with Gasteiger partial charge in [0, 0.05) is 5.56 Å². The molecule has 9 nitrogen and oxygen atoms in total. The maximum Gasteiger partial charge on any atom is 1.00 e. The fourth-order valence-corrected chi connectivity index (χ4v) is 2.94. The Hall–Kier alpha value is -2.08. The number of benzene rings is 2. The number of amides is 2. The van der Waals surface area contributed by atoms with Crippen LogP contribution in [0.15, 0.2) is 65.8 Å². The number of hydrazone groups is 1. The molecule has 2 aromatic carbocycles. The number of nitrogens with one attached hydrogen (secondary N) is 1. The summed E-state index contributed by atoms with van der Waals surface area (Å²) in [4.78, 5) is 21.1. The van der Waals surface area contributed by atoms with Gasteiger partial charge in [0.15, 0.2) is 5.84 Å². The van der Waals surface area contributed by atoms with Crippen molar-refractivity contribution in [3.8, 4) is 0 Å². The van der Waals surface area contributed by atoms with Gasteiger partial charge in [-0.05, 0) is 24.3 Å². The molecule has 1 atom stereocenters. The summed E-state index contributed by atoms with van der Waals surface area (Å²) in [5.41, 5.74) is 0.231. The molecule has 1 aliphatic heterocycles. The molecule has 0 radical (unpaired) electrons. The van der Waals surface area contributed by atoms with Gasteiger partial charge in [0.25, 0.3) is 10.8 Å². The molecule has 1 heterocycles. The predicted molar refractivity (Wildman–Crippen MR) is 89.9 cm³/mol. The minimum Gasteiger partial charge on any atom is -0.745 e. The molecular weight excluding hydrogens is 385 g/mol. The first-order valence-electron chi connectivity index (χ1n) is 7.28. The van der Waals surface area contributed by atoms with Crippen LogP contribution in [0.4, 0.5) is 5.69 Å². The van der Waals surface area contributed by atoms with Crippen LogP contribution in [0.3, 0.4) is 0 Å². The van der Waals surface area contributed by atoms with Gasteiger partial charge in [-0.15, -0.1) is 5.10 Å². The number of carbonyl (C=O) groups is 2. The Kier molecular flexibility index (Phi) is 6.20. The molecule has 134 valence electrons. The Morgan fingerprint density at radius 2 is 1.59 bits per heavy atom. The van der Waals surface area contributed by atoms with Crippen LogP contribution < -0.4 is 39.9 Å². The van der Waals surface area contributed by atoms with E-state index in [1.807, 2.05) is 5.32 Å². The van der Waals surface area contributed by atoms with Crippen molar-refractivity contribution in [3.05, 3.63) is 66.2 Å². The van der Waals surface area contributed by atoms with Crippen LogP contribution in [0.2, 0.25) is 0 Å². The molecule has 0 bridgehead atoms. The second-order valence-corrected chi connectivity index (χ2v) is 6.82. The molecule has 0 spiro atoms. The van der Waals surface area contributed by atoms with E-state index in [-0.39, 0.29) is 40.8 Å². The summed E-state index contributed by atoms with van der Waals surface area (Å²) in [6.45, 7) is 0. The number of nitrogens with zero attached hydrogens (tertiary/aromatic N) is 2. The molecule has 0 fully saturated rings. The van der Waals surface area contributed by atoms with E-state index >= 15 is 0 Å². The number of aliphatic hydroxyl groups is 1. The smallest absolute Gasteiger partial charge is 0.745 e. The number of anilines is 1. The van der Waals surface area contributed by atoms with Crippen molar-refractivity contribution in [1.29, 1.82) is 0 Å². The molecule has 0 aliphatic carbocycles. The van der Waals surface area contributed by atoms with Crippen LogP contribution in [0.1, 0.15) is 10.4 Å². The molecular formula is C16H12N3NaO6S. The second-order valence-electron chi connectivity index (χ2n) is 5.32. The Balaban J connectivity index is 0.00000261. The maximum atomic E-state index is 12.4. The molecule has 3 rings (SSSR count). The van der Waals surface area contributed by atoms with Crippen molar-refractivity contribution in [2.24, 2.45) is 5.10 Å². The van der Waals surface area contributed by atoms with E-state index in [9.17, 15) is 27.7 Å². The first kappa shape index (κ1) is 21.2. The maximum absolute atomic E-state index is 12.4. The molecule has 0 aromatic heterocycles. The van der Waals surface area contributed by atoms with Gasteiger partial charge in [0.05, 0.1) is 5.69 Å². The van der Waals surface area contributed by atoms with E-state index in [0.29, 0.717) is 5.01 Å². The fraction of sp³-hybridized carbons (Fsp3) is 0.0625. The van der Waals surface area contributed by atoms with Crippen molar-refractivity contribution in [1.82, 2.24) is 5.32 Å². The summed E-state index contributed by atoms with van der Waals surface area (Å²) in [6.07, 6.45) is 0. The number of amidine groups is 1. The third-order valence-electron chi connectivity index (χ3n) is 3.63. The number of rotatable bonds is 3. The third kappa shape index (κ3) is 3.81. The van der Waals surface area contributed by atoms with Crippen molar-refractivity contribution in [3.63, 3.8) is 0 Å². The summed E-state index contributed by atoms with van der Waals surface area (Å²) in [6, 6.07) is 15.2. The molecule has 0 saturated carbocycles. The van der Waals surface area contributed by atoms with E-state index in [1.54, 1.807) is 36.4 Å². The monoisotopic (exact) mass is 397 g/mol. The summed E-state index contributed by atoms with van der Waals surface area (Å²) in [5.74, 6) is -3.31.